The van der Waals surface area contributed by atoms with Gasteiger partial charge in [0.1, 0.15) is 0 Å². The van der Waals surface area contributed by atoms with E-state index in [1.54, 1.807) is 6.07 Å². The number of nitrogens with one attached hydrogen (secondary N) is 2. The summed E-state index contributed by atoms with van der Waals surface area (Å²) in [5, 5.41) is 6.36. The van der Waals surface area contributed by atoms with Crippen LogP contribution in [0.15, 0.2) is 77.1 Å². The second kappa shape index (κ2) is 12.0. The fourth-order valence-electron chi connectivity index (χ4n) is 3.44. The summed E-state index contributed by atoms with van der Waals surface area (Å²) in [6, 6.07) is 15.0. The molecule has 2 aliphatic heterocycles. The highest BCUT2D eigenvalue weighted by molar-refractivity contribution is 6.05. The number of dihydropyridines is 1. The Morgan fingerprint density at radius 2 is 1.79 bits per heavy atom. The first-order chi connectivity index (χ1) is 15.9. The first-order valence-electron chi connectivity index (χ1n) is 11.2. The topological polar surface area (TPSA) is 69.2 Å². The zero-order valence-corrected chi connectivity index (χ0v) is 20.2. The van der Waals surface area contributed by atoms with Gasteiger partial charge in [-0.2, -0.15) is 0 Å². The molecule has 34 heavy (non-hydrogen) atoms. The van der Waals surface area contributed by atoms with Gasteiger partial charge in [-0.3, -0.25) is 4.79 Å². The number of hydrogen-bond donors (Lipinski definition) is 2. The molecule has 0 aromatic heterocycles. The Kier molecular flexibility index (Phi) is 9.45. The molecule has 0 bridgehead atoms. The number of carbonyl (C=O) groups excluding carboxylic acids is 1. The minimum Gasteiger partial charge on any atom is -0.439 e. The summed E-state index contributed by atoms with van der Waals surface area (Å²) in [4.78, 5) is 21.5. The van der Waals surface area contributed by atoms with Gasteiger partial charge in [-0.25, -0.2) is 4.99 Å². The van der Waals surface area contributed by atoms with Gasteiger partial charge in [-0.15, -0.1) is 0 Å². The quantitative estimate of drug-likeness (QED) is 0.650. The molecule has 1 unspecified atom stereocenters. The standard InChI is InChI=1S/C24H27N5O2.C2H6.CH4/c1-28(2)15-19-11-12-21-22(25-19)27-24(31-21)17-8-5-9-18(13-17)26-23(30)16-7-6-10-20(14-16)29(3)4;1-2;/h5-14,22,25H,15H2,1-4H3,(H,26,30);1-2H3;1H4. The van der Waals surface area contributed by atoms with E-state index in [0.29, 0.717) is 17.1 Å². The summed E-state index contributed by atoms with van der Waals surface area (Å²) in [5.41, 5.74) is 4.17. The Morgan fingerprint density at radius 3 is 2.50 bits per heavy atom. The molecule has 1 atom stereocenters. The zero-order chi connectivity index (χ0) is 24.0. The van der Waals surface area contributed by atoms with E-state index < -0.39 is 0 Å². The average molecular weight is 464 g/mol. The molecule has 4 rings (SSSR count). The molecule has 7 nitrogen and oxygen atoms in total. The van der Waals surface area contributed by atoms with Crippen LogP contribution in [-0.2, 0) is 4.74 Å². The lowest BCUT2D eigenvalue weighted by Crippen LogP contribution is -2.33. The van der Waals surface area contributed by atoms with E-state index >= 15 is 0 Å². The molecule has 2 aliphatic rings. The van der Waals surface area contributed by atoms with E-state index in [2.05, 4.69) is 20.5 Å². The summed E-state index contributed by atoms with van der Waals surface area (Å²) in [6.45, 7) is 4.81. The molecule has 0 aliphatic carbocycles. The van der Waals surface area contributed by atoms with Crippen LogP contribution in [0.2, 0.25) is 0 Å². The van der Waals surface area contributed by atoms with Gasteiger partial charge in [-0.05, 0) is 62.6 Å². The maximum absolute atomic E-state index is 12.7. The third-order valence-electron chi connectivity index (χ3n) is 4.98. The van der Waals surface area contributed by atoms with Crippen molar-refractivity contribution >= 4 is 23.2 Å². The molecule has 0 fully saturated rings. The summed E-state index contributed by atoms with van der Waals surface area (Å²) >= 11 is 0. The fourth-order valence-corrected chi connectivity index (χ4v) is 3.44. The Hall–Kier alpha value is -3.58. The highest BCUT2D eigenvalue weighted by Gasteiger charge is 2.28. The Balaban J connectivity index is 0.00000133. The molecular formula is C27H37N5O2. The number of benzene rings is 2. The molecule has 7 heteroatoms. The lowest BCUT2D eigenvalue weighted by Gasteiger charge is -2.21. The van der Waals surface area contributed by atoms with Crippen molar-refractivity contribution in [2.45, 2.75) is 27.4 Å². The van der Waals surface area contributed by atoms with Crippen molar-refractivity contribution in [2.24, 2.45) is 4.99 Å². The van der Waals surface area contributed by atoms with E-state index in [1.165, 1.54) is 0 Å². The molecule has 0 spiro atoms. The van der Waals surface area contributed by atoms with Gasteiger partial charge in [0.2, 0.25) is 5.90 Å². The predicted octanol–water partition coefficient (Wildman–Crippen LogP) is 4.70. The number of ether oxygens (including phenoxy) is 1. The summed E-state index contributed by atoms with van der Waals surface area (Å²) < 4.78 is 5.96. The second-order valence-electron chi connectivity index (χ2n) is 8.06. The molecule has 1 amide bonds. The van der Waals surface area contributed by atoms with Crippen LogP contribution in [0.4, 0.5) is 11.4 Å². The second-order valence-corrected chi connectivity index (χ2v) is 8.06. The van der Waals surface area contributed by atoms with Gasteiger partial charge < -0.3 is 25.2 Å². The fraction of sp³-hybridized carbons (Fsp3) is 0.333. The minimum atomic E-state index is -0.220. The maximum Gasteiger partial charge on any atom is 0.255 e. The minimum absolute atomic E-state index is 0. The highest BCUT2D eigenvalue weighted by Crippen LogP contribution is 2.25. The molecule has 2 aromatic rings. The number of rotatable bonds is 6. The van der Waals surface area contributed by atoms with Crippen molar-refractivity contribution < 1.29 is 9.53 Å². The number of amides is 1. The molecule has 0 saturated heterocycles. The van der Waals surface area contributed by atoms with Gasteiger partial charge in [0.05, 0.1) is 0 Å². The Bertz CT molecular complexity index is 1090. The SMILES string of the molecule is C.CC.CN(C)CC1=CC=C2OC(c3cccc(NC(=O)c4cccc(N(C)C)c4)c3)=NC2N1. The van der Waals surface area contributed by atoms with E-state index in [9.17, 15) is 4.79 Å². The summed E-state index contributed by atoms with van der Waals surface area (Å²) in [5.74, 6) is 1.15. The van der Waals surface area contributed by atoms with Crippen LogP contribution >= 0.6 is 0 Å². The van der Waals surface area contributed by atoms with Crippen molar-refractivity contribution in [1.82, 2.24) is 10.2 Å². The number of carbonyl (C=O) groups is 1. The van der Waals surface area contributed by atoms with Crippen LogP contribution in [0.5, 0.6) is 0 Å². The van der Waals surface area contributed by atoms with Crippen molar-refractivity contribution in [3.63, 3.8) is 0 Å². The van der Waals surface area contributed by atoms with Gasteiger partial charge >= 0.3 is 0 Å². The summed E-state index contributed by atoms with van der Waals surface area (Å²) in [6.07, 6.45) is 3.75. The Labute approximate surface area is 203 Å². The molecule has 182 valence electrons. The van der Waals surface area contributed by atoms with Crippen LogP contribution in [0.3, 0.4) is 0 Å². The van der Waals surface area contributed by atoms with E-state index in [-0.39, 0.29) is 19.5 Å². The zero-order valence-electron chi connectivity index (χ0n) is 20.2. The first-order valence-corrected chi connectivity index (χ1v) is 11.2. The van der Waals surface area contributed by atoms with E-state index in [1.807, 2.05) is 102 Å². The van der Waals surface area contributed by atoms with Gasteiger partial charge in [0, 0.05) is 48.8 Å². The largest absolute Gasteiger partial charge is 0.439 e. The number of anilines is 2. The monoisotopic (exact) mass is 463 g/mol. The molecule has 2 N–H and O–H groups in total. The molecular weight excluding hydrogens is 426 g/mol. The van der Waals surface area contributed by atoms with E-state index in [0.717, 1.165) is 29.3 Å². The first kappa shape index (κ1) is 26.7. The number of nitrogens with zero attached hydrogens (tertiary/aromatic N) is 3. The third-order valence-corrected chi connectivity index (χ3v) is 4.98. The number of hydrogen-bond acceptors (Lipinski definition) is 6. The maximum atomic E-state index is 12.7. The number of fused-ring (bicyclic) bond motifs is 1. The van der Waals surface area contributed by atoms with Crippen molar-refractivity contribution in [1.29, 1.82) is 0 Å². The number of likely N-dealkylation sites (N-methyl/N-ethyl adjacent to an activating group) is 1. The Morgan fingerprint density at radius 1 is 1.06 bits per heavy atom. The lowest BCUT2D eigenvalue weighted by atomic mass is 10.1. The van der Waals surface area contributed by atoms with Crippen LogP contribution in [0.25, 0.3) is 0 Å². The predicted molar refractivity (Wildman–Crippen MR) is 143 cm³/mol. The molecule has 2 aromatic carbocycles. The average Bonchev–Trinajstić information content (AvgIpc) is 3.24. The van der Waals surface area contributed by atoms with Crippen molar-refractivity contribution in [2.75, 3.05) is 45.0 Å². The number of allylic oxidation sites excluding steroid dienone is 2. The highest BCUT2D eigenvalue weighted by atomic mass is 16.5. The normalized spacial score (nSPS) is 15.7. The van der Waals surface area contributed by atoms with Crippen molar-refractivity contribution in [3.05, 3.63) is 83.3 Å². The number of aliphatic imine (C=N–C) groups is 1. The smallest absolute Gasteiger partial charge is 0.255 e. The van der Waals surface area contributed by atoms with Crippen LogP contribution < -0.4 is 15.5 Å². The van der Waals surface area contributed by atoms with Crippen LogP contribution in [-0.4, -0.2) is 57.6 Å². The lowest BCUT2D eigenvalue weighted by molar-refractivity contribution is 0.102. The molecule has 2 heterocycles. The van der Waals surface area contributed by atoms with Gasteiger partial charge in [-0.1, -0.05) is 33.4 Å². The molecule has 0 saturated carbocycles. The van der Waals surface area contributed by atoms with Gasteiger partial charge in [0.25, 0.3) is 5.91 Å². The van der Waals surface area contributed by atoms with Gasteiger partial charge in [0.15, 0.2) is 11.9 Å². The summed E-state index contributed by atoms with van der Waals surface area (Å²) in [7, 11) is 7.95. The van der Waals surface area contributed by atoms with Crippen molar-refractivity contribution in [3.8, 4) is 0 Å². The van der Waals surface area contributed by atoms with Crippen LogP contribution in [0, 0.1) is 0 Å². The van der Waals surface area contributed by atoms with Crippen LogP contribution in [0.1, 0.15) is 37.2 Å². The third kappa shape index (κ3) is 6.48. The van der Waals surface area contributed by atoms with E-state index in [4.69, 9.17) is 4.74 Å². The molecule has 0 radical (unpaired) electrons.